The molecule has 6 rings (SSSR count). The molecule has 0 bridgehead atoms. The van der Waals surface area contributed by atoms with Crippen molar-refractivity contribution >= 4 is 45.9 Å². The molecule has 1 saturated heterocycles. The van der Waals surface area contributed by atoms with Crippen LogP contribution >= 0.6 is 23.2 Å². The van der Waals surface area contributed by atoms with Gasteiger partial charge in [0.1, 0.15) is 5.75 Å². The molecule has 3 aliphatic rings. The van der Waals surface area contributed by atoms with Crippen molar-refractivity contribution in [2.45, 2.75) is 90.1 Å². The monoisotopic (exact) mass is 647 g/mol. The first-order chi connectivity index (χ1) is 21.9. The molecule has 3 nitrogen and oxygen atoms in total. The van der Waals surface area contributed by atoms with Crippen LogP contribution in [0, 0.1) is 11.8 Å². The number of alkyl halides is 1. The van der Waals surface area contributed by atoms with Crippen LogP contribution in [0.5, 0.6) is 5.75 Å². The van der Waals surface area contributed by atoms with Crippen LogP contribution in [0.4, 0.5) is 10.1 Å². The number of nitrogens with zero attached hydrogens (tertiary/aromatic N) is 1. The maximum Gasteiger partial charge on any atom is 0.227 e. The second kappa shape index (κ2) is 14.7. The van der Waals surface area contributed by atoms with Gasteiger partial charge >= 0.3 is 0 Å². The molecule has 3 aromatic carbocycles. The number of unbranched alkanes of at least 4 members (excludes halogenated alkanes) is 2. The van der Waals surface area contributed by atoms with E-state index in [2.05, 4.69) is 49.4 Å². The summed E-state index contributed by atoms with van der Waals surface area (Å²) in [5.74, 6) is 2.24. The van der Waals surface area contributed by atoms with E-state index in [1.54, 1.807) is 0 Å². The lowest BCUT2D eigenvalue weighted by Gasteiger charge is -2.29. The zero-order chi connectivity index (χ0) is 31.3. The van der Waals surface area contributed by atoms with Gasteiger partial charge in [-0.25, -0.2) is 0 Å². The number of anilines is 1. The topological polar surface area (TPSA) is 29.5 Å². The molecule has 2 aliphatic carbocycles. The Labute approximate surface area is 277 Å². The average Bonchev–Trinajstić information content (AvgIpc) is 3.26. The summed E-state index contributed by atoms with van der Waals surface area (Å²) in [5.41, 5.74) is 7.98. The summed E-state index contributed by atoms with van der Waals surface area (Å²) in [6.45, 7) is 2.72. The van der Waals surface area contributed by atoms with Crippen molar-refractivity contribution in [1.29, 1.82) is 0 Å². The molecule has 3 aromatic rings. The van der Waals surface area contributed by atoms with Gasteiger partial charge in [0.2, 0.25) is 5.91 Å². The van der Waals surface area contributed by atoms with Gasteiger partial charge in [-0.2, -0.15) is 0 Å². The lowest BCUT2D eigenvalue weighted by molar-refractivity contribution is -0.117. The van der Waals surface area contributed by atoms with Crippen LogP contribution < -0.4 is 9.64 Å². The molecule has 45 heavy (non-hydrogen) atoms. The van der Waals surface area contributed by atoms with Gasteiger partial charge in [-0.05, 0) is 133 Å². The van der Waals surface area contributed by atoms with Crippen LogP contribution in [0.3, 0.4) is 0 Å². The number of hydrogen-bond acceptors (Lipinski definition) is 2. The van der Waals surface area contributed by atoms with Gasteiger partial charge in [-0.1, -0.05) is 73.7 Å². The Bertz CT molecular complexity index is 1530. The minimum absolute atomic E-state index is 0.194. The molecular formula is C39H44Cl2FNO2. The number of allylic oxidation sites excluding steroid dienone is 1. The zero-order valence-electron chi connectivity index (χ0n) is 26.3. The van der Waals surface area contributed by atoms with Gasteiger partial charge in [0, 0.05) is 28.7 Å². The molecule has 6 heteroatoms. The number of hydrogen-bond donors (Lipinski definition) is 0. The van der Waals surface area contributed by atoms with Crippen molar-refractivity contribution in [3.8, 4) is 5.75 Å². The van der Waals surface area contributed by atoms with Gasteiger partial charge in [0.15, 0.2) is 0 Å². The largest absolute Gasteiger partial charge is 0.490 e. The fraction of sp³-hybridized carbons (Fsp3) is 0.462. The molecular weight excluding hydrogens is 604 g/mol. The number of rotatable bonds is 10. The van der Waals surface area contributed by atoms with Crippen molar-refractivity contribution in [3.63, 3.8) is 0 Å². The molecule has 0 N–H and O–H groups in total. The minimum atomic E-state index is -0.194. The molecule has 1 amide bonds. The Balaban J connectivity index is 1.27. The highest BCUT2D eigenvalue weighted by Gasteiger charge is 2.29. The summed E-state index contributed by atoms with van der Waals surface area (Å²) < 4.78 is 18.9. The van der Waals surface area contributed by atoms with E-state index >= 15 is 0 Å². The predicted octanol–water partition coefficient (Wildman–Crippen LogP) is 11.1. The van der Waals surface area contributed by atoms with Gasteiger partial charge < -0.3 is 9.64 Å². The molecule has 1 unspecified atom stereocenters. The number of ether oxygens (including phenoxy) is 1. The van der Waals surface area contributed by atoms with E-state index in [0.717, 1.165) is 80.0 Å². The molecule has 1 atom stereocenters. The van der Waals surface area contributed by atoms with Crippen molar-refractivity contribution in [3.05, 3.63) is 93.0 Å². The number of fused-ring (bicyclic) bond motifs is 1. The predicted molar refractivity (Wildman–Crippen MR) is 185 cm³/mol. The standard InChI is InChI=1S/C39H44Cl2FNO2/c1-26-22-38(44)43(25-26)31-14-20-34-29(23-31)7-5-8-36(35-19-13-30(40)24-37(35)41)39(34)28-11-17-33(18-12-28)45-32-15-9-27(10-16-32)6-3-2-4-21-42/h11-14,17-20,23-24,26-27,32H,2-10,15-16,21-22,25H2,1H3. The Morgan fingerprint density at radius 2 is 1.67 bits per heavy atom. The van der Waals surface area contributed by atoms with Gasteiger partial charge in [-0.15, -0.1) is 0 Å². The van der Waals surface area contributed by atoms with Crippen LogP contribution in [-0.4, -0.2) is 25.2 Å². The Morgan fingerprint density at radius 3 is 2.38 bits per heavy atom. The second-order valence-electron chi connectivity index (χ2n) is 13.3. The van der Waals surface area contributed by atoms with Gasteiger partial charge in [0.05, 0.1) is 12.8 Å². The smallest absolute Gasteiger partial charge is 0.227 e. The van der Waals surface area contributed by atoms with Crippen molar-refractivity contribution in [2.75, 3.05) is 18.1 Å². The summed E-state index contributed by atoms with van der Waals surface area (Å²) in [6, 6.07) is 20.9. The highest BCUT2D eigenvalue weighted by Crippen LogP contribution is 2.44. The van der Waals surface area contributed by atoms with Gasteiger partial charge in [0.25, 0.3) is 0 Å². The average molecular weight is 649 g/mol. The zero-order valence-corrected chi connectivity index (χ0v) is 27.8. The third-order valence-electron chi connectivity index (χ3n) is 9.90. The quantitative estimate of drug-likeness (QED) is 0.205. The van der Waals surface area contributed by atoms with Crippen LogP contribution in [0.1, 0.15) is 99.8 Å². The van der Waals surface area contributed by atoms with Crippen molar-refractivity contribution in [1.82, 2.24) is 0 Å². The number of benzene rings is 3. The third kappa shape index (κ3) is 7.60. The van der Waals surface area contributed by atoms with Crippen LogP contribution in [0.25, 0.3) is 11.1 Å². The van der Waals surface area contributed by atoms with E-state index in [0.29, 0.717) is 28.8 Å². The minimum Gasteiger partial charge on any atom is -0.490 e. The van der Waals surface area contributed by atoms with Crippen LogP contribution in [0.2, 0.25) is 10.0 Å². The van der Waals surface area contributed by atoms with E-state index in [1.807, 2.05) is 23.1 Å². The Hall–Kier alpha value is -2.82. The Morgan fingerprint density at radius 1 is 0.889 bits per heavy atom. The SMILES string of the molecule is CC1CC(=O)N(c2ccc3c(c2)CCCC(c2ccc(Cl)cc2Cl)=C3c2ccc(OC3CCC(CCCCCF)CC3)cc2)C1. The number of carbonyl (C=O) groups excluding carboxylic acids is 1. The number of amides is 1. The highest BCUT2D eigenvalue weighted by atomic mass is 35.5. The first-order valence-electron chi connectivity index (χ1n) is 16.8. The highest BCUT2D eigenvalue weighted by molar-refractivity contribution is 6.36. The van der Waals surface area contributed by atoms with Gasteiger partial charge in [-0.3, -0.25) is 9.18 Å². The molecule has 1 aliphatic heterocycles. The second-order valence-corrected chi connectivity index (χ2v) is 14.2. The van der Waals surface area contributed by atoms with Crippen molar-refractivity contribution in [2.24, 2.45) is 11.8 Å². The van der Waals surface area contributed by atoms with Crippen LogP contribution in [-0.2, 0) is 11.2 Å². The van der Waals surface area contributed by atoms with E-state index in [9.17, 15) is 9.18 Å². The lowest BCUT2D eigenvalue weighted by Crippen LogP contribution is -2.24. The van der Waals surface area contributed by atoms with Crippen LogP contribution in [0.15, 0.2) is 60.7 Å². The Kier molecular flexibility index (Phi) is 10.5. The van der Waals surface area contributed by atoms with E-state index in [-0.39, 0.29) is 18.7 Å². The first-order valence-corrected chi connectivity index (χ1v) is 17.6. The molecule has 1 saturated carbocycles. The van der Waals surface area contributed by atoms with E-state index < -0.39 is 0 Å². The number of carbonyl (C=O) groups is 1. The maximum atomic E-state index is 12.7. The summed E-state index contributed by atoms with van der Waals surface area (Å²) in [5, 5.41) is 1.28. The third-order valence-corrected chi connectivity index (χ3v) is 10.5. The number of aryl methyl sites for hydroxylation is 1. The molecule has 238 valence electrons. The maximum absolute atomic E-state index is 12.7. The molecule has 2 fully saturated rings. The lowest BCUT2D eigenvalue weighted by atomic mass is 9.84. The van der Waals surface area contributed by atoms with Crippen molar-refractivity contribution < 1.29 is 13.9 Å². The molecule has 0 aromatic heterocycles. The summed E-state index contributed by atoms with van der Waals surface area (Å²) in [4.78, 5) is 14.7. The molecule has 1 heterocycles. The molecule has 0 spiro atoms. The summed E-state index contributed by atoms with van der Waals surface area (Å²) >= 11 is 13.1. The van der Waals surface area contributed by atoms with E-state index in [4.69, 9.17) is 27.9 Å². The number of halogens is 3. The summed E-state index contributed by atoms with van der Waals surface area (Å²) in [7, 11) is 0. The first kappa shape index (κ1) is 32.1. The van der Waals surface area contributed by atoms with E-state index in [1.165, 1.54) is 41.5 Å². The fourth-order valence-corrected chi connectivity index (χ4v) is 8.07. The molecule has 0 radical (unpaired) electrons. The summed E-state index contributed by atoms with van der Waals surface area (Å²) in [6.07, 6.45) is 12.2. The fourth-order valence-electron chi connectivity index (χ4n) is 7.55. The normalized spacial score (nSPS) is 22.0.